The molecule has 4 nitrogen and oxygen atoms in total. The smallest absolute Gasteiger partial charge is 0.247 e. The van der Waals surface area contributed by atoms with Gasteiger partial charge in [-0.15, -0.1) is 0 Å². The van der Waals surface area contributed by atoms with E-state index in [1.165, 1.54) is 0 Å². The van der Waals surface area contributed by atoms with Crippen molar-refractivity contribution in [1.82, 2.24) is 9.55 Å². The predicted octanol–water partition coefficient (Wildman–Crippen LogP) is 3.97. The zero-order valence-electron chi connectivity index (χ0n) is 13.0. The van der Waals surface area contributed by atoms with E-state index in [2.05, 4.69) is 16.6 Å². The predicted molar refractivity (Wildman–Crippen MR) is 96.8 cm³/mol. The molecule has 0 fully saturated rings. The highest BCUT2D eigenvalue weighted by atomic mass is 32.2. The molecule has 1 atom stereocenters. The summed E-state index contributed by atoms with van der Waals surface area (Å²) < 4.78 is 1.97. The van der Waals surface area contributed by atoms with Crippen molar-refractivity contribution in [1.29, 1.82) is 0 Å². The fourth-order valence-corrected chi connectivity index (χ4v) is 3.09. The van der Waals surface area contributed by atoms with Crippen molar-refractivity contribution in [2.75, 3.05) is 17.3 Å². The van der Waals surface area contributed by atoms with Gasteiger partial charge in [0.1, 0.15) is 6.04 Å². The highest BCUT2D eigenvalue weighted by Gasteiger charge is 2.20. The summed E-state index contributed by atoms with van der Waals surface area (Å²) >= 11 is 1.75. The molecule has 0 aliphatic rings. The average Bonchev–Trinajstić information content (AvgIpc) is 3.10. The fraction of sp³-hybridized carbons (Fsp3) is 0.222. The molecule has 0 saturated carbocycles. The molecule has 0 aliphatic carbocycles. The number of carbonyl (C=O) groups excluding carboxylic acids is 1. The van der Waals surface area contributed by atoms with Gasteiger partial charge in [-0.3, -0.25) is 9.78 Å². The minimum atomic E-state index is -0.204. The van der Waals surface area contributed by atoms with Gasteiger partial charge in [0.05, 0.1) is 11.2 Å². The number of pyridine rings is 1. The van der Waals surface area contributed by atoms with Crippen LogP contribution < -0.4 is 5.32 Å². The standard InChI is InChI=1S/C18H19N3OS/c1-23-13-9-17(21-11-2-3-12-21)18(22)20-16-8-4-7-15-14(16)6-5-10-19-15/h2-8,10-12,17H,9,13H2,1H3,(H,20,22). The number of amides is 1. The summed E-state index contributed by atoms with van der Waals surface area (Å²) in [4.78, 5) is 17.1. The molecule has 118 valence electrons. The topological polar surface area (TPSA) is 46.9 Å². The van der Waals surface area contributed by atoms with Gasteiger partial charge in [-0.05, 0) is 54.8 Å². The van der Waals surface area contributed by atoms with Crippen LogP contribution in [0.3, 0.4) is 0 Å². The number of hydrogen-bond acceptors (Lipinski definition) is 3. The Kier molecular flexibility index (Phi) is 4.98. The number of nitrogens with one attached hydrogen (secondary N) is 1. The van der Waals surface area contributed by atoms with Crippen LogP contribution in [0.15, 0.2) is 61.1 Å². The summed E-state index contributed by atoms with van der Waals surface area (Å²) in [5.74, 6) is 0.944. The third kappa shape index (κ3) is 3.56. The first-order valence-electron chi connectivity index (χ1n) is 7.55. The van der Waals surface area contributed by atoms with Gasteiger partial charge in [0.15, 0.2) is 0 Å². The molecule has 1 aromatic carbocycles. The van der Waals surface area contributed by atoms with E-state index in [4.69, 9.17) is 0 Å². The number of rotatable bonds is 6. The van der Waals surface area contributed by atoms with Crippen molar-refractivity contribution in [2.24, 2.45) is 0 Å². The zero-order chi connectivity index (χ0) is 16.1. The van der Waals surface area contributed by atoms with Crippen LogP contribution >= 0.6 is 11.8 Å². The van der Waals surface area contributed by atoms with E-state index in [0.717, 1.165) is 28.8 Å². The first-order valence-corrected chi connectivity index (χ1v) is 8.95. The summed E-state index contributed by atoms with van der Waals surface area (Å²) in [6.07, 6.45) is 8.49. The second-order valence-electron chi connectivity index (χ2n) is 5.29. The van der Waals surface area contributed by atoms with Crippen LogP contribution in [0.25, 0.3) is 10.9 Å². The van der Waals surface area contributed by atoms with E-state index in [9.17, 15) is 4.79 Å². The molecule has 0 bridgehead atoms. The highest BCUT2D eigenvalue weighted by molar-refractivity contribution is 7.98. The molecule has 1 amide bonds. The molecule has 2 aromatic heterocycles. The quantitative estimate of drug-likeness (QED) is 0.746. The fourth-order valence-electron chi connectivity index (χ4n) is 2.63. The second-order valence-corrected chi connectivity index (χ2v) is 6.28. The van der Waals surface area contributed by atoms with Gasteiger partial charge in [-0.2, -0.15) is 11.8 Å². The lowest BCUT2D eigenvalue weighted by atomic mass is 10.1. The Morgan fingerprint density at radius 1 is 1.22 bits per heavy atom. The summed E-state index contributed by atoms with van der Waals surface area (Å²) in [7, 11) is 0. The van der Waals surface area contributed by atoms with E-state index in [1.807, 2.05) is 59.4 Å². The number of benzene rings is 1. The van der Waals surface area contributed by atoms with Gasteiger partial charge < -0.3 is 9.88 Å². The number of anilines is 1. The van der Waals surface area contributed by atoms with Gasteiger partial charge in [0.2, 0.25) is 5.91 Å². The van der Waals surface area contributed by atoms with Crippen LogP contribution in [0, 0.1) is 0 Å². The molecule has 1 unspecified atom stereocenters. The Balaban J connectivity index is 1.86. The molecule has 1 N–H and O–H groups in total. The summed E-state index contributed by atoms with van der Waals surface area (Å²) in [6, 6.07) is 13.3. The number of thioether (sulfide) groups is 1. The molecule has 0 saturated heterocycles. The third-order valence-corrected chi connectivity index (χ3v) is 4.43. The van der Waals surface area contributed by atoms with Gasteiger partial charge in [0, 0.05) is 24.0 Å². The molecule has 3 aromatic rings. The molecular weight excluding hydrogens is 306 g/mol. The molecule has 3 rings (SSSR count). The lowest BCUT2D eigenvalue weighted by molar-refractivity contribution is -0.119. The largest absolute Gasteiger partial charge is 0.342 e. The molecule has 5 heteroatoms. The number of hydrogen-bond donors (Lipinski definition) is 1. The van der Waals surface area contributed by atoms with Gasteiger partial charge in [-0.25, -0.2) is 0 Å². The highest BCUT2D eigenvalue weighted by Crippen LogP contribution is 2.24. The minimum Gasteiger partial charge on any atom is -0.342 e. The normalized spacial score (nSPS) is 12.2. The van der Waals surface area contributed by atoms with Crippen LogP contribution in [0.1, 0.15) is 12.5 Å². The van der Waals surface area contributed by atoms with Gasteiger partial charge in [-0.1, -0.05) is 6.07 Å². The molecule has 2 heterocycles. The van der Waals surface area contributed by atoms with Crippen molar-refractivity contribution >= 4 is 34.3 Å². The Morgan fingerprint density at radius 3 is 2.83 bits per heavy atom. The number of nitrogens with zero attached hydrogens (tertiary/aromatic N) is 2. The first kappa shape index (κ1) is 15.6. The van der Waals surface area contributed by atoms with Gasteiger partial charge >= 0.3 is 0 Å². The lowest BCUT2D eigenvalue weighted by Crippen LogP contribution is -2.26. The maximum Gasteiger partial charge on any atom is 0.247 e. The van der Waals surface area contributed by atoms with Crippen LogP contribution in [0.5, 0.6) is 0 Å². The van der Waals surface area contributed by atoms with E-state index < -0.39 is 0 Å². The molecule has 0 spiro atoms. The van der Waals surface area contributed by atoms with Crippen molar-refractivity contribution < 1.29 is 4.79 Å². The van der Waals surface area contributed by atoms with E-state index in [1.54, 1.807) is 18.0 Å². The SMILES string of the molecule is CSCCC(C(=O)Nc1cccc2ncccc12)n1cccc1. The summed E-state index contributed by atoms with van der Waals surface area (Å²) in [5.41, 5.74) is 1.69. The van der Waals surface area contributed by atoms with Crippen LogP contribution in [0.4, 0.5) is 5.69 Å². The second kappa shape index (κ2) is 7.33. The minimum absolute atomic E-state index is 0.00611. The number of aromatic nitrogens is 2. The average molecular weight is 325 g/mol. The zero-order valence-corrected chi connectivity index (χ0v) is 13.8. The molecule has 0 radical (unpaired) electrons. The molecule has 23 heavy (non-hydrogen) atoms. The maximum absolute atomic E-state index is 12.8. The van der Waals surface area contributed by atoms with Crippen molar-refractivity contribution in [3.05, 3.63) is 61.1 Å². The van der Waals surface area contributed by atoms with Crippen LogP contribution in [0.2, 0.25) is 0 Å². The Labute approximate surface area is 139 Å². The summed E-state index contributed by atoms with van der Waals surface area (Å²) in [5, 5.41) is 4.03. The monoisotopic (exact) mass is 325 g/mol. The summed E-state index contributed by atoms with van der Waals surface area (Å²) in [6.45, 7) is 0. The van der Waals surface area contributed by atoms with Crippen molar-refractivity contribution in [3.8, 4) is 0 Å². The molecule has 0 aliphatic heterocycles. The van der Waals surface area contributed by atoms with Crippen LogP contribution in [-0.2, 0) is 4.79 Å². The number of fused-ring (bicyclic) bond motifs is 1. The van der Waals surface area contributed by atoms with E-state index >= 15 is 0 Å². The molecular formula is C18H19N3OS. The maximum atomic E-state index is 12.8. The Morgan fingerprint density at radius 2 is 2.04 bits per heavy atom. The van der Waals surface area contributed by atoms with E-state index in [0.29, 0.717) is 0 Å². The van der Waals surface area contributed by atoms with Gasteiger partial charge in [0.25, 0.3) is 0 Å². The van der Waals surface area contributed by atoms with E-state index in [-0.39, 0.29) is 11.9 Å². The van der Waals surface area contributed by atoms with Crippen LogP contribution in [-0.4, -0.2) is 27.5 Å². The Hall–Kier alpha value is -2.27. The van der Waals surface area contributed by atoms with Crippen molar-refractivity contribution in [2.45, 2.75) is 12.5 Å². The third-order valence-electron chi connectivity index (χ3n) is 3.79. The van der Waals surface area contributed by atoms with Crippen molar-refractivity contribution in [3.63, 3.8) is 0 Å². The number of carbonyl (C=O) groups is 1. The first-order chi connectivity index (χ1) is 11.3. The Bertz CT molecular complexity index is 781. The lowest BCUT2D eigenvalue weighted by Gasteiger charge is -2.19.